The zero-order valence-corrected chi connectivity index (χ0v) is 8.87. The molecular weight excluding hydrogens is 196 g/mol. The molecule has 0 bridgehead atoms. The minimum absolute atomic E-state index is 0.176. The van der Waals surface area contributed by atoms with Gasteiger partial charge in [0.1, 0.15) is 17.1 Å². The number of ketones is 2. The third-order valence-electron chi connectivity index (χ3n) is 1.97. The normalized spacial score (nSPS) is 9.53. The summed E-state index contributed by atoms with van der Waals surface area (Å²) in [4.78, 5) is 22.6. The second-order valence-electron chi connectivity index (χ2n) is 2.92. The van der Waals surface area contributed by atoms with Gasteiger partial charge in [0.25, 0.3) is 0 Å². The lowest BCUT2D eigenvalue weighted by Crippen LogP contribution is -2.12. The topological polar surface area (TPSA) is 52.6 Å². The van der Waals surface area contributed by atoms with E-state index in [0.717, 1.165) is 0 Å². The van der Waals surface area contributed by atoms with Crippen LogP contribution in [0, 0.1) is 0 Å². The Labute approximate surface area is 87.8 Å². The Balaban J connectivity index is 3.34. The van der Waals surface area contributed by atoms with Crippen molar-refractivity contribution in [3.8, 4) is 11.5 Å². The van der Waals surface area contributed by atoms with Crippen molar-refractivity contribution in [2.75, 3.05) is 14.2 Å². The summed E-state index contributed by atoms with van der Waals surface area (Å²) in [5.41, 5.74) is 0.176. The summed E-state index contributed by atoms with van der Waals surface area (Å²) in [6.45, 7) is 1.22. The predicted octanol–water partition coefficient (Wildman–Crippen LogP) is 1.48. The first-order valence-corrected chi connectivity index (χ1v) is 4.38. The molecule has 0 radical (unpaired) electrons. The zero-order chi connectivity index (χ0) is 11.4. The molecule has 0 aromatic heterocycles. The lowest BCUT2D eigenvalue weighted by atomic mass is 10.1. The molecule has 1 rings (SSSR count). The molecule has 4 nitrogen and oxygen atoms in total. The largest absolute Gasteiger partial charge is 0.496 e. The summed E-state index contributed by atoms with van der Waals surface area (Å²) in [5.74, 6) is -0.466. The number of benzene rings is 1. The Hall–Kier alpha value is -1.84. The van der Waals surface area contributed by atoms with Gasteiger partial charge in [-0.15, -0.1) is 0 Å². The maximum Gasteiger partial charge on any atom is 0.235 e. The van der Waals surface area contributed by atoms with Gasteiger partial charge in [0, 0.05) is 6.92 Å². The van der Waals surface area contributed by atoms with Crippen LogP contribution in [0.5, 0.6) is 11.5 Å². The van der Waals surface area contributed by atoms with Crippen molar-refractivity contribution in [2.24, 2.45) is 0 Å². The molecule has 0 saturated heterocycles. The second-order valence-corrected chi connectivity index (χ2v) is 2.92. The summed E-state index contributed by atoms with van der Waals surface area (Å²) in [5, 5.41) is 0. The highest BCUT2D eigenvalue weighted by Gasteiger charge is 2.21. The molecule has 0 fully saturated rings. The molecule has 0 aliphatic carbocycles. The molecule has 15 heavy (non-hydrogen) atoms. The number of methoxy groups -OCH3 is 2. The molecule has 1 aromatic rings. The molecule has 0 amide bonds. The van der Waals surface area contributed by atoms with Crippen molar-refractivity contribution in [2.45, 2.75) is 6.92 Å². The van der Waals surface area contributed by atoms with Crippen molar-refractivity contribution in [3.05, 3.63) is 23.8 Å². The highest BCUT2D eigenvalue weighted by Crippen LogP contribution is 2.28. The van der Waals surface area contributed by atoms with Crippen LogP contribution in [0.25, 0.3) is 0 Å². The number of ether oxygens (including phenoxy) is 2. The van der Waals surface area contributed by atoms with Crippen LogP contribution < -0.4 is 9.47 Å². The Morgan fingerprint density at radius 1 is 1.07 bits per heavy atom. The smallest absolute Gasteiger partial charge is 0.235 e. The van der Waals surface area contributed by atoms with Gasteiger partial charge in [-0.25, -0.2) is 0 Å². The van der Waals surface area contributed by atoms with Gasteiger partial charge in [-0.05, 0) is 12.1 Å². The summed E-state index contributed by atoms with van der Waals surface area (Å²) >= 11 is 0. The number of Topliss-reactive ketones (excluding diaryl/α,β-unsaturated/α-hetero) is 2. The number of hydrogen-bond donors (Lipinski definition) is 0. The molecular formula is C11H12O4. The van der Waals surface area contributed by atoms with Gasteiger partial charge < -0.3 is 9.47 Å². The van der Waals surface area contributed by atoms with Gasteiger partial charge in [-0.2, -0.15) is 0 Å². The van der Waals surface area contributed by atoms with E-state index in [1.54, 1.807) is 18.2 Å². The Morgan fingerprint density at radius 2 is 1.53 bits per heavy atom. The van der Waals surface area contributed by atoms with Crippen LogP contribution in [0.15, 0.2) is 18.2 Å². The zero-order valence-electron chi connectivity index (χ0n) is 8.87. The summed E-state index contributed by atoms with van der Waals surface area (Å²) in [6, 6.07) is 4.91. The quantitative estimate of drug-likeness (QED) is 0.555. The number of carbonyl (C=O) groups excluding carboxylic acids is 2. The molecule has 0 aliphatic rings. The van der Waals surface area contributed by atoms with Gasteiger partial charge in [0.05, 0.1) is 14.2 Å². The van der Waals surface area contributed by atoms with Crippen LogP contribution in [0.1, 0.15) is 17.3 Å². The predicted molar refractivity (Wildman–Crippen MR) is 54.6 cm³/mol. The third kappa shape index (κ3) is 2.15. The maximum absolute atomic E-state index is 11.6. The van der Waals surface area contributed by atoms with E-state index in [1.165, 1.54) is 21.1 Å². The van der Waals surface area contributed by atoms with E-state index in [0.29, 0.717) is 11.5 Å². The lowest BCUT2D eigenvalue weighted by molar-refractivity contribution is -0.113. The van der Waals surface area contributed by atoms with Crippen molar-refractivity contribution < 1.29 is 19.1 Å². The van der Waals surface area contributed by atoms with E-state index in [1.807, 2.05) is 0 Å². The highest BCUT2D eigenvalue weighted by atomic mass is 16.5. The monoisotopic (exact) mass is 208 g/mol. The van der Waals surface area contributed by atoms with Gasteiger partial charge in [-0.3, -0.25) is 9.59 Å². The van der Waals surface area contributed by atoms with Gasteiger partial charge in [0.2, 0.25) is 11.6 Å². The van der Waals surface area contributed by atoms with Crippen LogP contribution >= 0.6 is 0 Å². The van der Waals surface area contributed by atoms with E-state index >= 15 is 0 Å². The molecule has 80 valence electrons. The molecule has 0 aliphatic heterocycles. The van der Waals surface area contributed by atoms with Crippen LogP contribution in [-0.4, -0.2) is 25.8 Å². The third-order valence-corrected chi connectivity index (χ3v) is 1.97. The Morgan fingerprint density at radius 3 is 1.87 bits per heavy atom. The van der Waals surface area contributed by atoms with E-state index in [4.69, 9.17) is 9.47 Å². The minimum atomic E-state index is -0.607. The molecule has 0 spiro atoms. The molecule has 0 saturated carbocycles. The Bertz CT molecular complexity index is 373. The fourth-order valence-corrected chi connectivity index (χ4v) is 1.25. The molecule has 4 heteroatoms. The van der Waals surface area contributed by atoms with Crippen molar-refractivity contribution in [1.82, 2.24) is 0 Å². The van der Waals surface area contributed by atoms with Crippen LogP contribution in [0.3, 0.4) is 0 Å². The lowest BCUT2D eigenvalue weighted by Gasteiger charge is -2.10. The molecule has 0 atom stereocenters. The molecule has 0 heterocycles. The summed E-state index contributed by atoms with van der Waals surface area (Å²) in [7, 11) is 2.87. The van der Waals surface area contributed by atoms with Crippen molar-refractivity contribution in [3.63, 3.8) is 0 Å². The number of carbonyl (C=O) groups is 2. The average molecular weight is 208 g/mol. The SMILES string of the molecule is COc1cccc(OC)c1C(=O)C(C)=O. The maximum atomic E-state index is 11.6. The van der Waals surface area contributed by atoms with E-state index in [9.17, 15) is 9.59 Å². The van der Waals surface area contributed by atoms with E-state index in [-0.39, 0.29) is 5.56 Å². The van der Waals surface area contributed by atoms with Gasteiger partial charge >= 0.3 is 0 Å². The second kappa shape index (κ2) is 4.59. The van der Waals surface area contributed by atoms with E-state index < -0.39 is 11.6 Å². The highest BCUT2D eigenvalue weighted by molar-refractivity contribution is 6.44. The fourth-order valence-electron chi connectivity index (χ4n) is 1.25. The number of hydrogen-bond acceptors (Lipinski definition) is 4. The van der Waals surface area contributed by atoms with Gasteiger partial charge in [0.15, 0.2) is 0 Å². The first-order chi connectivity index (χ1) is 7.11. The fraction of sp³-hybridized carbons (Fsp3) is 0.273. The van der Waals surface area contributed by atoms with Crippen molar-refractivity contribution in [1.29, 1.82) is 0 Å². The van der Waals surface area contributed by atoms with Crippen LogP contribution in [-0.2, 0) is 4.79 Å². The van der Waals surface area contributed by atoms with E-state index in [2.05, 4.69) is 0 Å². The molecule has 0 unspecified atom stereocenters. The summed E-state index contributed by atoms with van der Waals surface area (Å²) < 4.78 is 10.0. The van der Waals surface area contributed by atoms with Crippen LogP contribution in [0.2, 0.25) is 0 Å². The molecule has 1 aromatic carbocycles. The van der Waals surface area contributed by atoms with Crippen LogP contribution in [0.4, 0.5) is 0 Å². The first kappa shape index (κ1) is 11.2. The van der Waals surface area contributed by atoms with Crippen molar-refractivity contribution >= 4 is 11.6 Å². The number of rotatable bonds is 4. The standard InChI is InChI=1S/C11H12O4/c1-7(12)11(13)10-8(14-2)5-4-6-9(10)15-3/h4-6H,1-3H3. The minimum Gasteiger partial charge on any atom is -0.496 e. The summed E-state index contributed by atoms with van der Waals surface area (Å²) in [6.07, 6.45) is 0. The van der Waals surface area contributed by atoms with Gasteiger partial charge in [-0.1, -0.05) is 6.07 Å². The Kier molecular flexibility index (Phi) is 3.44. The first-order valence-electron chi connectivity index (χ1n) is 4.38. The average Bonchev–Trinajstić information content (AvgIpc) is 2.26. The molecule has 0 N–H and O–H groups in total.